The summed E-state index contributed by atoms with van der Waals surface area (Å²) in [5, 5.41) is 10.2. The summed E-state index contributed by atoms with van der Waals surface area (Å²) in [6.07, 6.45) is 1.60. The van der Waals surface area contributed by atoms with Crippen molar-refractivity contribution in [3.05, 3.63) is 35.9 Å². The highest BCUT2D eigenvalue weighted by molar-refractivity contribution is 5.67. The van der Waals surface area contributed by atoms with Crippen molar-refractivity contribution in [2.75, 3.05) is 33.2 Å². The van der Waals surface area contributed by atoms with Gasteiger partial charge in [0.25, 0.3) is 0 Å². The molecule has 2 rings (SSSR count). The number of aliphatic hydroxyl groups excluding tert-OH is 1. The van der Waals surface area contributed by atoms with Crippen molar-refractivity contribution < 1.29 is 14.6 Å². The number of ether oxygens (including phenoxy) is 1. The van der Waals surface area contributed by atoms with Crippen molar-refractivity contribution in [3.8, 4) is 0 Å². The highest BCUT2D eigenvalue weighted by atomic mass is 16.6. The Balaban J connectivity index is 1.75. The summed E-state index contributed by atoms with van der Waals surface area (Å²) >= 11 is 0. The van der Waals surface area contributed by atoms with Crippen LogP contribution in [0.25, 0.3) is 0 Å². The maximum atomic E-state index is 12.1. The van der Waals surface area contributed by atoms with Crippen molar-refractivity contribution in [3.63, 3.8) is 0 Å². The summed E-state index contributed by atoms with van der Waals surface area (Å²) in [4.78, 5) is 15.9. The lowest BCUT2D eigenvalue weighted by Gasteiger charge is -2.22. The van der Waals surface area contributed by atoms with E-state index in [-0.39, 0.29) is 24.7 Å². The quantitative estimate of drug-likeness (QED) is 0.838. The lowest BCUT2D eigenvalue weighted by molar-refractivity contribution is 0.0844. The Kier molecular flexibility index (Phi) is 6.86. The number of amides is 1. The summed E-state index contributed by atoms with van der Waals surface area (Å²) in [6.45, 7) is 5.54. The molecular formula is C18H28N2O3. The van der Waals surface area contributed by atoms with Crippen LogP contribution in [0.4, 0.5) is 4.79 Å². The van der Waals surface area contributed by atoms with Gasteiger partial charge in [-0.15, -0.1) is 0 Å². The first-order valence-electron chi connectivity index (χ1n) is 8.42. The van der Waals surface area contributed by atoms with Crippen molar-refractivity contribution in [2.45, 2.75) is 32.5 Å². The summed E-state index contributed by atoms with van der Waals surface area (Å²) in [5.41, 5.74) is 0.973. The summed E-state index contributed by atoms with van der Waals surface area (Å²) in [7, 11) is 1.73. The van der Waals surface area contributed by atoms with Gasteiger partial charge in [-0.05, 0) is 18.5 Å². The van der Waals surface area contributed by atoms with Crippen molar-refractivity contribution in [2.24, 2.45) is 5.92 Å². The number of likely N-dealkylation sites (tertiary alicyclic amines) is 1. The first-order chi connectivity index (χ1) is 11.1. The zero-order valence-electron chi connectivity index (χ0n) is 14.1. The molecule has 0 bridgehead atoms. The van der Waals surface area contributed by atoms with Gasteiger partial charge in [-0.25, -0.2) is 4.79 Å². The molecule has 1 aliphatic rings. The second-order valence-corrected chi connectivity index (χ2v) is 6.36. The molecule has 5 heteroatoms. The number of aliphatic hydroxyl groups is 1. The second-order valence-electron chi connectivity index (χ2n) is 6.36. The number of nitrogens with zero attached hydrogens (tertiary/aromatic N) is 2. The molecule has 5 nitrogen and oxygen atoms in total. The van der Waals surface area contributed by atoms with Crippen LogP contribution >= 0.6 is 0 Å². The number of carbonyl (C=O) groups is 1. The fourth-order valence-corrected chi connectivity index (χ4v) is 2.94. The molecule has 23 heavy (non-hydrogen) atoms. The molecule has 1 heterocycles. The average Bonchev–Trinajstić information content (AvgIpc) is 2.91. The number of hydrogen-bond acceptors (Lipinski definition) is 4. The van der Waals surface area contributed by atoms with E-state index >= 15 is 0 Å². The van der Waals surface area contributed by atoms with Gasteiger partial charge in [0, 0.05) is 32.6 Å². The largest absolute Gasteiger partial charge is 0.445 e. The number of benzene rings is 1. The van der Waals surface area contributed by atoms with E-state index in [0.717, 1.165) is 31.5 Å². The Labute approximate surface area is 138 Å². The van der Waals surface area contributed by atoms with Crippen molar-refractivity contribution in [1.29, 1.82) is 0 Å². The monoisotopic (exact) mass is 320 g/mol. The summed E-state index contributed by atoms with van der Waals surface area (Å²) < 4.78 is 5.32. The third kappa shape index (κ3) is 5.52. The lowest BCUT2D eigenvalue weighted by Crippen LogP contribution is -2.36. The molecule has 1 saturated heterocycles. The van der Waals surface area contributed by atoms with Gasteiger partial charge in [0.1, 0.15) is 6.61 Å². The molecule has 0 aliphatic carbocycles. The van der Waals surface area contributed by atoms with E-state index < -0.39 is 0 Å². The minimum Gasteiger partial charge on any atom is -0.445 e. The number of β-amino-alcohol motifs (C(OH)–C–C–N with tert-alkyl or cyclic N) is 1. The van der Waals surface area contributed by atoms with E-state index in [1.54, 1.807) is 11.9 Å². The number of carbonyl (C=O) groups excluding carboxylic acids is 1. The van der Waals surface area contributed by atoms with E-state index in [2.05, 4.69) is 11.8 Å². The molecule has 0 saturated carbocycles. The Morgan fingerprint density at radius 2 is 2.09 bits per heavy atom. The normalized spacial score (nSPS) is 21.3. The van der Waals surface area contributed by atoms with Crippen LogP contribution in [0.2, 0.25) is 0 Å². The first kappa shape index (κ1) is 17.8. The molecule has 2 atom stereocenters. The van der Waals surface area contributed by atoms with E-state index in [9.17, 15) is 9.90 Å². The van der Waals surface area contributed by atoms with Crippen LogP contribution in [0.15, 0.2) is 30.3 Å². The van der Waals surface area contributed by atoms with E-state index in [0.29, 0.717) is 13.1 Å². The third-order valence-corrected chi connectivity index (χ3v) is 4.34. The van der Waals surface area contributed by atoms with Crippen LogP contribution in [-0.4, -0.2) is 60.3 Å². The molecular weight excluding hydrogens is 292 g/mol. The Morgan fingerprint density at radius 1 is 1.35 bits per heavy atom. The number of unbranched alkanes of at least 4 members (excludes halogenated alkanes) is 1. The molecule has 1 aliphatic heterocycles. The van der Waals surface area contributed by atoms with Crippen LogP contribution in [-0.2, 0) is 11.3 Å². The zero-order valence-corrected chi connectivity index (χ0v) is 14.1. The van der Waals surface area contributed by atoms with Crippen LogP contribution in [0.1, 0.15) is 25.3 Å². The van der Waals surface area contributed by atoms with Gasteiger partial charge in [-0.2, -0.15) is 0 Å². The highest BCUT2D eigenvalue weighted by Gasteiger charge is 2.32. The molecule has 1 fully saturated rings. The molecule has 0 radical (unpaired) electrons. The van der Waals surface area contributed by atoms with Crippen LogP contribution in [0.5, 0.6) is 0 Å². The maximum absolute atomic E-state index is 12.1. The Morgan fingerprint density at radius 3 is 2.78 bits per heavy atom. The second kappa shape index (κ2) is 8.89. The topological polar surface area (TPSA) is 53.0 Å². The van der Waals surface area contributed by atoms with Crippen LogP contribution in [0.3, 0.4) is 0 Å². The Hall–Kier alpha value is -1.59. The van der Waals surface area contributed by atoms with E-state index in [1.807, 2.05) is 30.3 Å². The van der Waals surface area contributed by atoms with E-state index in [4.69, 9.17) is 4.74 Å². The third-order valence-electron chi connectivity index (χ3n) is 4.34. The summed E-state index contributed by atoms with van der Waals surface area (Å²) in [6, 6.07) is 9.64. The average molecular weight is 320 g/mol. The van der Waals surface area contributed by atoms with Gasteiger partial charge in [-0.3, -0.25) is 0 Å². The predicted molar refractivity (Wildman–Crippen MR) is 90.1 cm³/mol. The fraction of sp³-hybridized carbons (Fsp3) is 0.611. The smallest absolute Gasteiger partial charge is 0.409 e. The molecule has 1 aromatic rings. The van der Waals surface area contributed by atoms with Crippen molar-refractivity contribution in [1.82, 2.24) is 9.80 Å². The fourth-order valence-electron chi connectivity index (χ4n) is 2.94. The van der Waals surface area contributed by atoms with Gasteiger partial charge < -0.3 is 19.6 Å². The predicted octanol–water partition coefficient (Wildman–Crippen LogP) is 2.35. The zero-order chi connectivity index (χ0) is 16.7. The van der Waals surface area contributed by atoms with Gasteiger partial charge in [0.2, 0.25) is 0 Å². The van der Waals surface area contributed by atoms with Crippen LogP contribution < -0.4 is 0 Å². The number of rotatable bonds is 7. The molecule has 1 N–H and O–H groups in total. The Bertz CT molecular complexity index is 480. The first-order valence-corrected chi connectivity index (χ1v) is 8.42. The molecule has 2 unspecified atom stereocenters. The SMILES string of the molecule is CCCCN1CC(O)C(CN(C)C(=O)OCc2ccccc2)C1. The minimum atomic E-state index is -0.365. The van der Waals surface area contributed by atoms with Crippen LogP contribution in [0, 0.1) is 5.92 Å². The maximum Gasteiger partial charge on any atom is 0.409 e. The molecule has 128 valence electrons. The molecule has 1 amide bonds. The van der Waals surface area contributed by atoms with Crippen molar-refractivity contribution >= 4 is 6.09 Å². The number of hydrogen-bond donors (Lipinski definition) is 1. The standard InChI is InChI=1S/C18H28N2O3/c1-3-4-10-20-12-16(17(21)13-20)11-19(2)18(22)23-14-15-8-6-5-7-9-15/h5-9,16-17,21H,3-4,10-14H2,1-2H3. The van der Waals surface area contributed by atoms with Gasteiger partial charge in [0.15, 0.2) is 0 Å². The molecule has 0 spiro atoms. The van der Waals surface area contributed by atoms with Gasteiger partial charge in [-0.1, -0.05) is 43.7 Å². The minimum absolute atomic E-state index is 0.0983. The lowest BCUT2D eigenvalue weighted by atomic mass is 10.1. The molecule has 1 aromatic carbocycles. The summed E-state index contributed by atoms with van der Waals surface area (Å²) in [5.74, 6) is 0.0983. The van der Waals surface area contributed by atoms with Gasteiger partial charge in [0.05, 0.1) is 6.10 Å². The molecule has 0 aromatic heterocycles. The van der Waals surface area contributed by atoms with E-state index in [1.165, 1.54) is 0 Å². The van der Waals surface area contributed by atoms with Gasteiger partial charge >= 0.3 is 6.09 Å². The highest BCUT2D eigenvalue weighted by Crippen LogP contribution is 2.19.